The smallest absolute Gasteiger partial charge is 0.209 e. The van der Waals surface area contributed by atoms with Gasteiger partial charge < -0.3 is 14.2 Å². The zero-order valence-corrected chi connectivity index (χ0v) is 18.0. The minimum Gasteiger partial charge on any atom is -0.493 e. The first-order valence-corrected chi connectivity index (χ1v) is 10.5. The van der Waals surface area contributed by atoms with Crippen molar-refractivity contribution in [2.45, 2.75) is 37.9 Å². The van der Waals surface area contributed by atoms with Gasteiger partial charge in [0.1, 0.15) is 11.5 Å². The fourth-order valence-electron chi connectivity index (χ4n) is 1.50. The Morgan fingerprint density at radius 3 is 2.73 bits per heavy atom. The summed E-state index contributed by atoms with van der Waals surface area (Å²) in [7, 11) is 2.87. The maximum Gasteiger partial charge on any atom is 0.209 e. The molecule has 1 rings (SSSR count). The van der Waals surface area contributed by atoms with Crippen LogP contribution in [-0.4, -0.2) is 42.1 Å². The van der Waals surface area contributed by atoms with Crippen molar-refractivity contribution in [2.24, 2.45) is 0 Å². The molecule has 0 saturated heterocycles. The molecule has 2 atom stereocenters. The van der Waals surface area contributed by atoms with Gasteiger partial charge in [0.2, 0.25) is 6.29 Å². The highest BCUT2D eigenvalue weighted by molar-refractivity contribution is 9.10. The molecule has 0 aromatic heterocycles. The predicted molar refractivity (Wildman–Crippen MR) is 99.1 cm³/mol. The van der Waals surface area contributed by atoms with Gasteiger partial charge in [-0.3, -0.25) is 4.18 Å². The summed E-state index contributed by atoms with van der Waals surface area (Å²) in [5.74, 6) is 1.50. The molecule has 1 aromatic rings. The summed E-state index contributed by atoms with van der Waals surface area (Å²) >= 11 is 4.97. The third kappa shape index (κ3) is 7.87. The largest absolute Gasteiger partial charge is 0.493 e. The van der Waals surface area contributed by atoms with E-state index in [0.717, 1.165) is 22.4 Å². The lowest BCUT2D eigenvalue weighted by Gasteiger charge is -2.18. The molecule has 126 valence electrons. The van der Waals surface area contributed by atoms with Gasteiger partial charge in [-0.05, 0) is 47.0 Å². The molecule has 1 aromatic carbocycles. The van der Waals surface area contributed by atoms with E-state index in [0.29, 0.717) is 18.5 Å². The number of benzene rings is 1. The minimum atomic E-state index is -0.319. The van der Waals surface area contributed by atoms with Crippen molar-refractivity contribution >= 4 is 38.2 Å². The Kier molecular flexibility index (Phi) is 10.2. The van der Waals surface area contributed by atoms with Crippen molar-refractivity contribution in [3.8, 4) is 11.5 Å². The molecule has 0 aliphatic carbocycles. The first kappa shape index (κ1) is 19.8. The third-order valence-electron chi connectivity index (χ3n) is 2.89. The quantitative estimate of drug-likeness (QED) is 0.242. The maximum atomic E-state index is 5.82. The fraction of sp³-hybridized carbons (Fsp3) is 0.600. The fourth-order valence-corrected chi connectivity index (χ4v) is 2.77. The molecular weight excluding hydrogens is 384 g/mol. The molecule has 4 nitrogen and oxygen atoms in total. The standard InChI is InChI=1S/C15H25BrO4SSi/c1-11(10-22)21-20-12(2)19-15-9-13(5-6-14(15)16)18-8-4-7-17-3/h5-6,9,11-12H,4,7-8,10H2,1-3,22H3. The molecule has 0 fully saturated rings. The highest BCUT2D eigenvalue weighted by atomic mass is 79.9. The Labute approximate surface area is 149 Å². The van der Waals surface area contributed by atoms with E-state index in [2.05, 4.69) is 22.9 Å². The lowest BCUT2D eigenvalue weighted by molar-refractivity contribution is 0.0390. The van der Waals surface area contributed by atoms with Crippen LogP contribution in [0.3, 0.4) is 0 Å². The molecule has 0 amide bonds. The second-order valence-electron chi connectivity index (χ2n) is 4.88. The highest BCUT2D eigenvalue weighted by Gasteiger charge is 2.11. The summed E-state index contributed by atoms with van der Waals surface area (Å²) in [6, 6.07) is 6.90. The van der Waals surface area contributed by atoms with Crippen molar-refractivity contribution in [2.75, 3.05) is 20.3 Å². The predicted octanol–water partition coefficient (Wildman–Crippen LogP) is 3.43. The summed E-state index contributed by atoms with van der Waals surface area (Å²) in [6.07, 6.45) is 0.539. The number of ether oxygens (including phenoxy) is 3. The molecule has 0 N–H and O–H groups in total. The summed E-state index contributed by atoms with van der Waals surface area (Å²) in [6.45, 7) is 5.37. The molecule has 0 aliphatic rings. The van der Waals surface area contributed by atoms with Gasteiger partial charge in [-0.15, -0.1) is 0 Å². The molecule has 0 saturated carbocycles. The van der Waals surface area contributed by atoms with E-state index in [9.17, 15) is 0 Å². The second-order valence-corrected chi connectivity index (χ2v) is 7.74. The summed E-state index contributed by atoms with van der Waals surface area (Å²) in [5.41, 5.74) is 0. The van der Waals surface area contributed by atoms with Gasteiger partial charge in [-0.25, -0.2) is 0 Å². The van der Waals surface area contributed by atoms with Gasteiger partial charge in [0.15, 0.2) is 0 Å². The number of hydrogen-bond donors (Lipinski definition) is 0. The van der Waals surface area contributed by atoms with Crippen LogP contribution in [0.2, 0.25) is 6.04 Å². The molecule has 0 radical (unpaired) electrons. The summed E-state index contributed by atoms with van der Waals surface area (Å²) in [4.78, 5) is 0. The van der Waals surface area contributed by atoms with Crippen molar-refractivity contribution < 1.29 is 18.4 Å². The van der Waals surface area contributed by atoms with E-state index < -0.39 is 0 Å². The van der Waals surface area contributed by atoms with Gasteiger partial charge >= 0.3 is 0 Å². The van der Waals surface area contributed by atoms with Gasteiger partial charge in [0.05, 0.1) is 11.1 Å². The third-order valence-corrected chi connectivity index (χ3v) is 6.40. The molecule has 0 heterocycles. The minimum absolute atomic E-state index is 0.319. The molecule has 7 heteroatoms. The zero-order chi connectivity index (χ0) is 16.4. The normalized spacial score (nSPS) is 13.8. The zero-order valence-electron chi connectivity index (χ0n) is 13.6. The van der Waals surface area contributed by atoms with Crippen LogP contribution in [0.5, 0.6) is 11.5 Å². The van der Waals surface area contributed by atoms with E-state index in [1.807, 2.05) is 25.1 Å². The van der Waals surface area contributed by atoms with E-state index in [1.165, 1.54) is 28.3 Å². The first-order valence-electron chi connectivity index (χ1n) is 7.46. The van der Waals surface area contributed by atoms with Crippen LogP contribution in [0.15, 0.2) is 22.7 Å². The maximum absolute atomic E-state index is 5.82. The lowest BCUT2D eigenvalue weighted by atomic mass is 10.3. The van der Waals surface area contributed by atoms with Crippen molar-refractivity contribution in [3.63, 3.8) is 0 Å². The Balaban J connectivity index is 2.50. The Morgan fingerprint density at radius 2 is 2.05 bits per heavy atom. The number of hydrogen-bond acceptors (Lipinski definition) is 5. The van der Waals surface area contributed by atoms with Crippen molar-refractivity contribution in [1.82, 2.24) is 0 Å². The van der Waals surface area contributed by atoms with Crippen LogP contribution in [0, 0.1) is 0 Å². The Hall–Kier alpha value is -0.213. The van der Waals surface area contributed by atoms with Crippen LogP contribution < -0.4 is 9.47 Å². The summed E-state index contributed by atoms with van der Waals surface area (Å²) < 4.78 is 23.0. The van der Waals surface area contributed by atoms with Crippen molar-refractivity contribution in [1.29, 1.82) is 0 Å². The van der Waals surface area contributed by atoms with E-state index in [4.69, 9.17) is 18.4 Å². The topological polar surface area (TPSA) is 36.9 Å². The molecule has 2 unspecified atom stereocenters. The van der Waals surface area contributed by atoms with Crippen LogP contribution in [0.1, 0.15) is 20.3 Å². The molecule has 0 spiro atoms. The average molecular weight is 409 g/mol. The van der Waals surface area contributed by atoms with Gasteiger partial charge in [-0.2, -0.15) is 0 Å². The average Bonchev–Trinajstić information content (AvgIpc) is 2.52. The van der Waals surface area contributed by atoms with Crippen LogP contribution in [-0.2, 0) is 8.92 Å². The molecular formula is C15H25BrO4SSi. The van der Waals surface area contributed by atoms with Crippen molar-refractivity contribution in [3.05, 3.63) is 22.7 Å². The highest BCUT2D eigenvalue weighted by Crippen LogP contribution is 2.31. The molecule has 0 bridgehead atoms. The van der Waals surface area contributed by atoms with Gasteiger partial charge in [0.25, 0.3) is 0 Å². The van der Waals surface area contributed by atoms with E-state index in [-0.39, 0.29) is 6.29 Å². The number of rotatable bonds is 11. The van der Waals surface area contributed by atoms with Crippen LogP contribution in [0.25, 0.3) is 0 Å². The number of halogens is 1. The van der Waals surface area contributed by atoms with E-state index >= 15 is 0 Å². The van der Waals surface area contributed by atoms with Crippen LogP contribution >= 0.6 is 28.0 Å². The summed E-state index contributed by atoms with van der Waals surface area (Å²) in [5, 5.41) is 0.511. The lowest BCUT2D eigenvalue weighted by Crippen LogP contribution is -2.14. The second kappa shape index (κ2) is 11.3. The van der Waals surface area contributed by atoms with Gasteiger partial charge in [-0.1, -0.05) is 13.0 Å². The Bertz CT molecular complexity index is 436. The Morgan fingerprint density at radius 1 is 1.27 bits per heavy atom. The van der Waals surface area contributed by atoms with Gasteiger partial charge in [0, 0.05) is 41.7 Å². The van der Waals surface area contributed by atoms with E-state index in [1.54, 1.807) is 7.11 Å². The molecule has 22 heavy (non-hydrogen) atoms. The number of methoxy groups -OCH3 is 1. The molecule has 0 aliphatic heterocycles. The first-order chi connectivity index (χ1) is 10.6. The van der Waals surface area contributed by atoms with Crippen LogP contribution in [0.4, 0.5) is 0 Å². The SMILES string of the molecule is COCCCOc1ccc(Br)c(OC(C)OSC(C)C[SiH3])c1. The monoisotopic (exact) mass is 408 g/mol.